The van der Waals surface area contributed by atoms with Gasteiger partial charge >= 0.3 is 0 Å². The van der Waals surface area contributed by atoms with Crippen LogP contribution in [0.4, 0.5) is 0 Å². The van der Waals surface area contributed by atoms with Crippen molar-refractivity contribution in [3.8, 4) is 0 Å². The SMILES string of the molecule is CCCCOCCN(CCO)CCOC. The van der Waals surface area contributed by atoms with E-state index in [4.69, 9.17) is 14.6 Å². The second kappa shape index (κ2) is 11.9. The minimum Gasteiger partial charge on any atom is -0.395 e. The lowest BCUT2D eigenvalue weighted by Crippen LogP contribution is -2.33. The van der Waals surface area contributed by atoms with E-state index in [1.807, 2.05) is 0 Å². The summed E-state index contributed by atoms with van der Waals surface area (Å²) in [5.41, 5.74) is 0. The Morgan fingerprint density at radius 1 is 1.07 bits per heavy atom. The normalized spacial score (nSPS) is 11.2. The predicted octanol–water partition coefficient (Wildman–Crippen LogP) is 0.744. The summed E-state index contributed by atoms with van der Waals surface area (Å²) in [7, 11) is 1.69. The molecule has 0 fully saturated rings. The van der Waals surface area contributed by atoms with Crippen molar-refractivity contribution in [2.24, 2.45) is 0 Å². The molecule has 0 heterocycles. The van der Waals surface area contributed by atoms with Gasteiger partial charge in [-0.05, 0) is 6.42 Å². The molecule has 0 radical (unpaired) electrons. The highest BCUT2D eigenvalue weighted by Crippen LogP contribution is 1.91. The van der Waals surface area contributed by atoms with Crippen molar-refractivity contribution in [2.75, 3.05) is 53.2 Å². The Labute approximate surface area is 93.2 Å². The summed E-state index contributed by atoms with van der Waals surface area (Å²) in [5, 5.41) is 8.85. The van der Waals surface area contributed by atoms with E-state index < -0.39 is 0 Å². The van der Waals surface area contributed by atoms with Crippen molar-refractivity contribution >= 4 is 0 Å². The van der Waals surface area contributed by atoms with E-state index in [2.05, 4.69) is 11.8 Å². The third-order valence-corrected chi connectivity index (χ3v) is 2.22. The van der Waals surface area contributed by atoms with Gasteiger partial charge in [-0.15, -0.1) is 0 Å². The Hall–Kier alpha value is -0.160. The standard InChI is InChI=1S/C11H25NO3/c1-3-4-9-15-11-7-12(5-8-13)6-10-14-2/h13H,3-11H2,1-2H3. The van der Waals surface area contributed by atoms with Gasteiger partial charge in [0.1, 0.15) is 0 Å². The molecule has 15 heavy (non-hydrogen) atoms. The smallest absolute Gasteiger partial charge is 0.0593 e. The Balaban J connectivity index is 3.38. The number of nitrogens with zero attached hydrogens (tertiary/aromatic N) is 1. The summed E-state index contributed by atoms with van der Waals surface area (Å²) in [4.78, 5) is 2.15. The molecular weight excluding hydrogens is 194 g/mol. The Morgan fingerprint density at radius 3 is 2.40 bits per heavy atom. The van der Waals surface area contributed by atoms with Gasteiger partial charge in [0.2, 0.25) is 0 Å². The molecule has 0 aliphatic carbocycles. The zero-order valence-corrected chi connectivity index (χ0v) is 10.1. The molecule has 0 saturated carbocycles. The van der Waals surface area contributed by atoms with Crippen molar-refractivity contribution in [3.05, 3.63) is 0 Å². The third-order valence-electron chi connectivity index (χ3n) is 2.22. The molecule has 0 bridgehead atoms. The number of unbranched alkanes of at least 4 members (excludes halogenated alkanes) is 1. The lowest BCUT2D eigenvalue weighted by Gasteiger charge is -2.20. The molecule has 0 aliphatic rings. The van der Waals surface area contributed by atoms with E-state index in [1.165, 1.54) is 6.42 Å². The highest BCUT2D eigenvalue weighted by molar-refractivity contribution is 4.55. The molecule has 0 aromatic heterocycles. The molecule has 0 unspecified atom stereocenters. The summed E-state index contributed by atoms with van der Waals surface area (Å²) in [6.45, 7) is 7.05. The average molecular weight is 219 g/mol. The molecule has 1 N–H and O–H groups in total. The summed E-state index contributed by atoms with van der Waals surface area (Å²) in [5.74, 6) is 0. The number of aliphatic hydroxyl groups is 1. The monoisotopic (exact) mass is 219 g/mol. The lowest BCUT2D eigenvalue weighted by molar-refractivity contribution is 0.0785. The number of methoxy groups -OCH3 is 1. The molecule has 0 spiro atoms. The fraction of sp³-hybridized carbons (Fsp3) is 1.00. The maximum absolute atomic E-state index is 8.85. The number of aliphatic hydroxyl groups excluding tert-OH is 1. The molecule has 4 nitrogen and oxygen atoms in total. The quantitative estimate of drug-likeness (QED) is 0.521. The van der Waals surface area contributed by atoms with Gasteiger partial charge < -0.3 is 14.6 Å². The van der Waals surface area contributed by atoms with Crippen LogP contribution < -0.4 is 0 Å². The van der Waals surface area contributed by atoms with E-state index in [1.54, 1.807) is 7.11 Å². The van der Waals surface area contributed by atoms with Crippen LogP contribution in [0.1, 0.15) is 19.8 Å². The van der Waals surface area contributed by atoms with Crippen molar-refractivity contribution < 1.29 is 14.6 Å². The summed E-state index contributed by atoms with van der Waals surface area (Å²) < 4.78 is 10.5. The number of hydrogen-bond donors (Lipinski definition) is 1. The first-order valence-corrected chi connectivity index (χ1v) is 5.75. The first kappa shape index (κ1) is 14.8. The van der Waals surface area contributed by atoms with Gasteiger partial charge in [0.05, 0.1) is 19.8 Å². The van der Waals surface area contributed by atoms with Gasteiger partial charge in [-0.1, -0.05) is 13.3 Å². The Morgan fingerprint density at radius 2 is 1.80 bits per heavy atom. The van der Waals surface area contributed by atoms with E-state index >= 15 is 0 Å². The van der Waals surface area contributed by atoms with Crippen LogP contribution in [-0.2, 0) is 9.47 Å². The zero-order valence-electron chi connectivity index (χ0n) is 10.1. The maximum Gasteiger partial charge on any atom is 0.0593 e. The van der Waals surface area contributed by atoms with Crippen molar-refractivity contribution in [1.82, 2.24) is 4.90 Å². The van der Waals surface area contributed by atoms with Crippen LogP contribution in [0.2, 0.25) is 0 Å². The molecule has 92 valence electrons. The van der Waals surface area contributed by atoms with Gasteiger partial charge in [0.25, 0.3) is 0 Å². The molecule has 0 rings (SSSR count). The highest BCUT2D eigenvalue weighted by Gasteiger charge is 2.03. The van der Waals surface area contributed by atoms with Crippen molar-refractivity contribution in [1.29, 1.82) is 0 Å². The van der Waals surface area contributed by atoms with Crippen LogP contribution in [0, 0.1) is 0 Å². The topological polar surface area (TPSA) is 41.9 Å². The van der Waals surface area contributed by atoms with E-state index in [9.17, 15) is 0 Å². The van der Waals surface area contributed by atoms with Crippen LogP contribution in [-0.4, -0.2) is 63.2 Å². The summed E-state index contributed by atoms with van der Waals surface area (Å²) >= 11 is 0. The second-order valence-corrected chi connectivity index (χ2v) is 3.52. The Kier molecular flexibility index (Phi) is 11.8. The number of rotatable bonds is 11. The molecule has 4 heteroatoms. The minimum absolute atomic E-state index is 0.193. The molecule has 0 aromatic rings. The number of hydrogen-bond acceptors (Lipinski definition) is 4. The third kappa shape index (κ3) is 10.1. The first-order valence-electron chi connectivity index (χ1n) is 5.75. The molecule has 0 aliphatic heterocycles. The van der Waals surface area contributed by atoms with Crippen LogP contribution in [0.25, 0.3) is 0 Å². The average Bonchev–Trinajstić information content (AvgIpc) is 2.25. The summed E-state index contributed by atoms with van der Waals surface area (Å²) in [6, 6.07) is 0. The van der Waals surface area contributed by atoms with E-state index in [0.29, 0.717) is 13.2 Å². The van der Waals surface area contributed by atoms with Gasteiger partial charge in [-0.2, -0.15) is 0 Å². The molecule has 0 amide bonds. The van der Waals surface area contributed by atoms with Gasteiger partial charge in [-0.25, -0.2) is 0 Å². The molecular formula is C11H25NO3. The lowest BCUT2D eigenvalue weighted by atomic mass is 10.4. The molecule has 0 saturated heterocycles. The predicted molar refractivity (Wildman–Crippen MR) is 61.1 cm³/mol. The van der Waals surface area contributed by atoms with Gasteiger partial charge in [0.15, 0.2) is 0 Å². The first-order chi connectivity index (χ1) is 7.35. The largest absolute Gasteiger partial charge is 0.395 e. The highest BCUT2D eigenvalue weighted by atomic mass is 16.5. The summed E-state index contributed by atoms with van der Waals surface area (Å²) in [6.07, 6.45) is 2.29. The van der Waals surface area contributed by atoms with E-state index in [-0.39, 0.29) is 6.61 Å². The molecule has 0 atom stereocenters. The van der Waals surface area contributed by atoms with Crippen LogP contribution in [0.3, 0.4) is 0 Å². The number of ether oxygens (including phenoxy) is 2. The van der Waals surface area contributed by atoms with Crippen molar-refractivity contribution in [2.45, 2.75) is 19.8 Å². The molecule has 0 aromatic carbocycles. The van der Waals surface area contributed by atoms with E-state index in [0.717, 1.165) is 32.7 Å². The van der Waals surface area contributed by atoms with Gasteiger partial charge in [0, 0.05) is 33.4 Å². The minimum atomic E-state index is 0.193. The van der Waals surface area contributed by atoms with Crippen molar-refractivity contribution in [3.63, 3.8) is 0 Å². The Bertz CT molecular complexity index is 122. The van der Waals surface area contributed by atoms with Gasteiger partial charge in [-0.3, -0.25) is 4.90 Å². The maximum atomic E-state index is 8.85. The fourth-order valence-corrected chi connectivity index (χ4v) is 1.24. The zero-order chi connectivity index (χ0) is 11.4. The second-order valence-electron chi connectivity index (χ2n) is 3.52. The van der Waals surface area contributed by atoms with Crippen LogP contribution in [0.5, 0.6) is 0 Å². The van der Waals surface area contributed by atoms with Crippen LogP contribution >= 0.6 is 0 Å². The van der Waals surface area contributed by atoms with Crippen LogP contribution in [0.15, 0.2) is 0 Å². The fourth-order valence-electron chi connectivity index (χ4n) is 1.24.